The monoisotopic (exact) mass is 309 g/mol. The van der Waals surface area contributed by atoms with E-state index in [-0.39, 0.29) is 5.91 Å². The van der Waals surface area contributed by atoms with E-state index >= 15 is 0 Å². The Morgan fingerprint density at radius 2 is 2.24 bits per heavy atom. The summed E-state index contributed by atoms with van der Waals surface area (Å²) in [5.41, 5.74) is 0. The van der Waals surface area contributed by atoms with Gasteiger partial charge in [-0.25, -0.2) is 4.98 Å². The quantitative estimate of drug-likeness (QED) is 0.637. The molecule has 0 radical (unpaired) electrons. The van der Waals surface area contributed by atoms with E-state index in [0.29, 0.717) is 32.1 Å². The number of amides is 1. The second-order valence-corrected chi connectivity index (χ2v) is 5.20. The van der Waals surface area contributed by atoms with Crippen LogP contribution < -0.4 is 16.0 Å². The largest absolute Gasteiger partial charge is 0.383 e. The molecule has 21 heavy (non-hydrogen) atoms. The molecule has 0 aromatic carbocycles. The van der Waals surface area contributed by atoms with Crippen LogP contribution in [0.15, 0.2) is 11.4 Å². The summed E-state index contributed by atoms with van der Waals surface area (Å²) in [6.45, 7) is 1.57. The van der Waals surface area contributed by atoms with E-state index < -0.39 is 0 Å². The highest BCUT2D eigenvalue weighted by Crippen LogP contribution is 2.26. The third kappa shape index (κ3) is 4.27. The molecule has 7 nitrogen and oxygen atoms in total. The molecule has 0 aliphatic rings. The van der Waals surface area contributed by atoms with E-state index in [2.05, 4.69) is 25.9 Å². The molecule has 3 N–H and O–H groups in total. The van der Waals surface area contributed by atoms with Gasteiger partial charge in [0.2, 0.25) is 11.9 Å². The summed E-state index contributed by atoms with van der Waals surface area (Å²) in [5.74, 6) is 1.30. The second kappa shape index (κ2) is 7.75. The number of ether oxygens (including phenoxy) is 1. The number of rotatable bonds is 8. The molecule has 0 saturated heterocycles. The highest BCUT2D eigenvalue weighted by atomic mass is 32.1. The highest BCUT2D eigenvalue weighted by Gasteiger charge is 2.08. The Hall–Kier alpha value is -1.93. The molecule has 0 atom stereocenters. The first-order valence-electron chi connectivity index (χ1n) is 6.67. The number of methoxy groups -OCH3 is 1. The Bertz CT molecular complexity index is 601. The average molecular weight is 309 g/mol. The predicted octanol–water partition coefficient (Wildman–Crippen LogP) is 1.30. The zero-order valence-corrected chi connectivity index (χ0v) is 12.9. The number of thiophene rings is 1. The van der Waals surface area contributed by atoms with Gasteiger partial charge in [-0.3, -0.25) is 4.79 Å². The summed E-state index contributed by atoms with van der Waals surface area (Å²) in [6.07, 6.45) is 0.383. The average Bonchev–Trinajstić information content (AvgIpc) is 2.95. The fraction of sp³-hybridized carbons (Fsp3) is 0.462. The SMILES string of the molecule is CNc1nc(NCCC(=O)NCCOC)c2ccsc2n1. The maximum atomic E-state index is 11.6. The Balaban J connectivity index is 1.91. The van der Waals surface area contributed by atoms with Crippen LogP contribution in [-0.2, 0) is 9.53 Å². The van der Waals surface area contributed by atoms with E-state index in [1.54, 1.807) is 25.5 Å². The first-order valence-corrected chi connectivity index (χ1v) is 7.55. The Kier molecular flexibility index (Phi) is 5.70. The zero-order valence-electron chi connectivity index (χ0n) is 12.1. The topological polar surface area (TPSA) is 88.2 Å². The van der Waals surface area contributed by atoms with Crippen molar-refractivity contribution in [3.63, 3.8) is 0 Å². The molecule has 2 aromatic heterocycles. The van der Waals surface area contributed by atoms with Gasteiger partial charge in [0.15, 0.2) is 0 Å². The molecule has 0 aliphatic heterocycles. The molecule has 0 fully saturated rings. The molecule has 8 heteroatoms. The molecule has 1 amide bonds. The summed E-state index contributed by atoms with van der Waals surface area (Å²) in [7, 11) is 3.38. The summed E-state index contributed by atoms with van der Waals surface area (Å²) in [4.78, 5) is 21.3. The third-order valence-corrected chi connectivity index (χ3v) is 3.63. The summed E-state index contributed by atoms with van der Waals surface area (Å²) in [6, 6.07) is 1.97. The smallest absolute Gasteiger partial charge is 0.225 e. The van der Waals surface area contributed by atoms with Crippen molar-refractivity contribution in [3.05, 3.63) is 11.4 Å². The molecule has 2 heterocycles. The highest BCUT2D eigenvalue weighted by molar-refractivity contribution is 7.16. The fourth-order valence-electron chi connectivity index (χ4n) is 1.78. The Morgan fingerprint density at radius 1 is 1.38 bits per heavy atom. The zero-order chi connectivity index (χ0) is 15.1. The lowest BCUT2D eigenvalue weighted by molar-refractivity contribution is -0.121. The van der Waals surface area contributed by atoms with Gasteiger partial charge in [0, 0.05) is 33.7 Å². The van der Waals surface area contributed by atoms with Crippen LogP contribution in [-0.4, -0.2) is 49.7 Å². The number of nitrogens with one attached hydrogen (secondary N) is 3. The maximum Gasteiger partial charge on any atom is 0.225 e. The molecule has 0 unspecified atom stereocenters. The van der Waals surface area contributed by atoms with Crippen molar-refractivity contribution in [1.82, 2.24) is 15.3 Å². The lowest BCUT2D eigenvalue weighted by atomic mass is 10.3. The first kappa shape index (κ1) is 15.5. The minimum absolute atomic E-state index is 0.0102. The molecule has 0 spiro atoms. The number of carbonyl (C=O) groups excluding carboxylic acids is 1. The van der Waals surface area contributed by atoms with Crippen LogP contribution in [0.5, 0.6) is 0 Å². The van der Waals surface area contributed by atoms with Crippen molar-refractivity contribution >= 4 is 39.2 Å². The third-order valence-electron chi connectivity index (χ3n) is 2.82. The molecule has 0 saturated carbocycles. The van der Waals surface area contributed by atoms with Gasteiger partial charge in [0.25, 0.3) is 0 Å². The van der Waals surface area contributed by atoms with Crippen molar-refractivity contribution in [2.24, 2.45) is 0 Å². The minimum Gasteiger partial charge on any atom is -0.383 e. The van der Waals surface area contributed by atoms with Crippen LogP contribution in [0.1, 0.15) is 6.42 Å². The standard InChI is InChI=1S/C13H19N5O2S/c1-14-13-17-11(9-4-8-21-12(9)18-13)16-5-3-10(19)15-6-7-20-2/h4,8H,3,5-7H2,1-2H3,(H,15,19)(H2,14,16,17,18). The van der Waals surface area contributed by atoms with E-state index in [1.807, 2.05) is 11.4 Å². The molecular weight excluding hydrogens is 290 g/mol. The predicted molar refractivity (Wildman–Crippen MR) is 85.0 cm³/mol. The van der Waals surface area contributed by atoms with E-state index in [4.69, 9.17) is 4.74 Å². The lowest BCUT2D eigenvalue weighted by Crippen LogP contribution is -2.28. The van der Waals surface area contributed by atoms with Crippen molar-refractivity contribution in [2.75, 3.05) is 44.5 Å². The van der Waals surface area contributed by atoms with Crippen LogP contribution in [0.3, 0.4) is 0 Å². The summed E-state index contributed by atoms with van der Waals surface area (Å²) in [5, 5.41) is 11.8. The van der Waals surface area contributed by atoms with Crippen molar-refractivity contribution in [1.29, 1.82) is 0 Å². The van der Waals surface area contributed by atoms with Crippen LogP contribution in [0.2, 0.25) is 0 Å². The first-order chi connectivity index (χ1) is 10.2. The molecule has 0 aliphatic carbocycles. The van der Waals surface area contributed by atoms with Crippen LogP contribution in [0.25, 0.3) is 10.2 Å². The van der Waals surface area contributed by atoms with E-state index in [9.17, 15) is 4.79 Å². The number of fused-ring (bicyclic) bond motifs is 1. The Labute approximate surface area is 127 Å². The van der Waals surface area contributed by atoms with Crippen LogP contribution in [0.4, 0.5) is 11.8 Å². The van der Waals surface area contributed by atoms with Crippen LogP contribution in [0, 0.1) is 0 Å². The van der Waals surface area contributed by atoms with Crippen molar-refractivity contribution in [2.45, 2.75) is 6.42 Å². The number of anilines is 2. The molecule has 2 aromatic rings. The lowest BCUT2D eigenvalue weighted by Gasteiger charge is -2.09. The number of aromatic nitrogens is 2. The van der Waals surface area contributed by atoms with Gasteiger partial charge >= 0.3 is 0 Å². The Morgan fingerprint density at radius 3 is 3.00 bits per heavy atom. The minimum atomic E-state index is -0.0102. The van der Waals surface area contributed by atoms with E-state index in [0.717, 1.165) is 16.0 Å². The van der Waals surface area contributed by atoms with Gasteiger partial charge < -0.3 is 20.7 Å². The second-order valence-electron chi connectivity index (χ2n) is 4.30. The number of nitrogens with zero attached hydrogens (tertiary/aromatic N) is 2. The summed E-state index contributed by atoms with van der Waals surface area (Å²) < 4.78 is 4.88. The molecular formula is C13H19N5O2S. The van der Waals surface area contributed by atoms with Gasteiger partial charge in [0.1, 0.15) is 10.6 Å². The number of hydrogen-bond donors (Lipinski definition) is 3. The number of hydrogen-bond acceptors (Lipinski definition) is 7. The van der Waals surface area contributed by atoms with Gasteiger partial charge in [-0.2, -0.15) is 4.98 Å². The molecule has 114 valence electrons. The normalized spacial score (nSPS) is 10.6. The van der Waals surface area contributed by atoms with E-state index in [1.165, 1.54) is 0 Å². The molecule has 2 rings (SSSR count). The molecule has 0 bridgehead atoms. The summed E-state index contributed by atoms with van der Waals surface area (Å²) >= 11 is 1.56. The number of carbonyl (C=O) groups is 1. The maximum absolute atomic E-state index is 11.6. The van der Waals surface area contributed by atoms with Gasteiger partial charge in [-0.1, -0.05) is 0 Å². The van der Waals surface area contributed by atoms with Gasteiger partial charge in [0.05, 0.1) is 12.0 Å². The van der Waals surface area contributed by atoms with Gasteiger partial charge in [-0.15, -0.1) is 11.3 Å². The fourth-order valence-corrected chi connectivity index (χ4v) is 2.54. The van der Waals surface area contributed by atoms with Crippen LogP contribution >= 0.6 is 11.3 Å². The van der Waals surface area contributed by atoms with Gasteiger partial charge in [-0.05, 0) is 11.4 Å². The van der Waals surface area contributed by atoms with Crippen molar-refractivity contribution in [3.8, 4) is 0 Å². The van der Waals surface area contributed by atoms with Crippen molar-refractivity contribution < 1.29 is 9.53 Å².